The van der Waals surface area contributed by atoms with Gasteiger partial charge in [0.1, 0.15) is 10.7 Å². The molecule has 1 aliphatic heterocycles. The van der Waals surface area contributed by atoms with Crippen LogP contribution in [0, 0.1) is 20.8 Å². The number of thioether (sulfide) groups is 1. The van der Waals surface area contributed by atoms with Crippen molar-refractivity contribution in [3.05, 3.63) is 62.0 Å². The minimum Gasteiger partial charge on any atom is -0.352 e. The lowest BCUT2D eigenvalue weighted by atomic mass is 10.0. The Kier molecular flexibility index (Phi) is 7.56. The Bertz CT molecular complexity index is 1190. The van der Waals surface area contributed by atoms with Crippen molar-refractivity contribution in [3.8, 4) is 0 Å². The number of carbonyl (C=O) groups is 1. The van der Waals surface area contributed by atoms with Gasteiger partial charge in [0.2, 0.25) is 5.91 Å². The summed E-state index contributed by atoms with van der Waals surface area (Å²) in [5.74, 6) is 1.19. The fraction of sp³-hybridized carbons (Fsp3) is 0.480. The second-order valence-corrected chi connectivity index (χ2v) is 11.4. The molecule has 1 aliphatic rings. The Morgan fingerprint density at radius 2 is 2.00 bits per heavy atom. The first-order valence-electron chi connectivity index (χ1n) is 11.5. The number of likely N-dealkylation sites (tertiary alicyclic amines) is 1. The maximum atomic E-state index is 12.7. The summed E-state index contributed by atoms with van der Waals surface area (Å²) in [6.45, 7) is 11.0. The number of thiophene rings is 1. The van der Waals surface area contributed by atoms with Gasteiger partial charge >= 0.3 is 0 Å². The number of fused-ring (bicyclic) bond motifs is 1. The molecule has 2 N–H and O–H groups in total. The van der Waals surface area contributed by atoms with Crippen molar-refractivity contribution in [1.82, 2.24) is 20.2 Å². The lowest BCUT2D eigenvalue weighted by Gasteiger charge is -2.33. The molecule has 176 valence electrons. The number of amides is 1. The standard InChI is InChI=1S/C25H32N4O2S2/c1-15-7-5-6-8-19(15)13-29-11-9-20(10-12-29)26-23(30)18(4)32-14-21-27-24(31)22-16(2)17(3)33-25(22)28-21/h5-8,18,20H,9-14H2,1-4H3,(H,26,30)(H,27,28,31). The van der Waals surface area contributed by atoms with Crippen molar-refractivity contribution < 1.29 is 4.79 Å². The summed E-state index contributed by atoms with van der Waals surface area (Å²) in [5.41, 5.74) is 3.62. The van der Waals surface area contributed by atoms with Crippen LogP contribution in [0.1, 0.15) is 47.2 Å². The zero-order chi connectivity index (χ0) is 23.5. The van der Waals surface area contributed by atoms with Gasteiger partial charge in [0.15, 0.2) is 0 Å². The first kappa shape index (κ1) is 24.0. The Morgan fingerprint density at radius 1 is 1.27 bits per heavy atom. The first-order valence-corrected chi connectivity index (χ1v) is 13.4. The topological polar surface area (TPSA) is 78.1 Å². The number of piperidine rings is 1. The second kappa shape index (κ2) is 10.4. The van der Waals surface area contributed by atoms with Gasteiger partial charge in [-0.25, -0.2) is 4.98 Å². The molecule has 1 saturated heterocycles. The summed E-state index contributed by atoms with van der Waals surface area (Å²) >= 11 is 3.06. The molecule has 33 heavy (non-hydrogen) atoms. The lowest BCUT2D eigenvalue weighted by molar-refractivity contribution is -0.121. The van der Waals surface area contributed by atoms with Crippen LogP contribution in [0.25, 0.3) is 10.2 Å². The van der Waals surface area contributed by atoms with Gasteiger partial charge in [-0.15, -0.1) is 23.1 Å². The number of hydrogen-bond acceptors (Lipinski definition) is 6. The molecule has 2 aromatic heterocycles. The van der Waals surface area contributed by atoms with Gasteiger partial charge in [-0.05, 0) is 57.2 Å². The molecule has 0 spiro atoms. The number of aromatic amines is 1. The summed E-state index contributed by atoms with van der Waals surface area (Å²) in [6, 6.07) is 8.76. The molecule has 3 heterocycles. The number of aromatic nitrogens is 2. The normalized spacial score (nSPS) is 16.2. The Morgan fingerprint density at radius 3 is 2.73 bits per heavy atom. The Hall–Kier alpha value is -2.16. The molecular formula is C25H32N4O2S2. The smallest absolute Gasteiger partial charge is 0.259 e. The first-order chi connectivity index (χ1) is 15.8. The largest absolute Gasteiger partial charge is 0.352 e. The van der Waals surface area contributed by atoms with Crippen molar-refractivity contribution in [2.75, 3.05) is 13.1 Å². The molecule has 0 aliphatic carbocycles. The van der Waals surface area contributed by atoms with Crippen LogP contribution >= 0.6 is 23.1 Å². The van der Waals surface area contributed by atoms with Crippen molar-refractivity contribution in [2.24, 2.45) is 0 Å². The summed E-state index contributed by atoms with van der Waals surface area (Å²) < 4.78 is 0. The van der Waals surface area contributed by atoms with Gasteiger partial charge in [0.25, 0.3) is 5.56 Å². The van der Waals surface area contributed by atoms with E-state index in [1.54, 1.807) is 11.3 Å². The van der Waals surface area contributed by atoms with Gasteiger partial charge in [0.05, 0.1) is 16.4 Å². The number of carbonyl (C=O) groups excluding carboxylic acids is 1. The SMILES string of the molecule is Cc1ccccc1CN1CCC(NC(=O)C(C)SCc2nc3sc(C)c(C)c3c(=O)[nH]2)CC1. The zero-order valence-electron chi connectivity index (χ0n) is 19.7. The molecular weight excluding hydrogens is 452 g/mol. The number of rotatable bonds is 7. The van der Waals surface area contributed by atoms with Crippen LogP contribution in [0.2, 0.25) is 0 Å². The van der Waals surface area contributed by atoms with Gasteiger partial charge in [-0.1, -0.05) is 24.3 Å². The highest BCUT2D eigenvalue weighted by Crippen LogP contribution is 2.26. The van der Waals surface area contributed by atoms with E-state index in [0.717, 1.165) is 47.7 Å². The Labute approximate surface area is 203 Å². The van der Waals surface area contributed by atoms with Crippen LogP contribution in [0.5, 0.6) is 0 Å². The van der Waals surface area contributed by atoms with Crippen molar-refractivity contribution >= 4 is 39.2 Å². The molecule has 6 nitrogen and oxygen atoms in total. The molecule has 1 atom stereocenters. The quantitative estimate of drug-likeness (QED) is 0.522. The van der Waals surface area contributed by atoms with Crippen LogP contribution in [0.15, 0.2) is 29.1 Å². The summed E-state index contributed by atoms with van der Waals surface area (Å²) in [5, 5.41) is 3.71. The van der Waals surface area contributed by atoms with E-state index >= 15 is 0 Å². The fourth-order valence-electron chi connectivity index (χ4n) is 4.23. The van der Waals surface area contributed by atoms with Gasteiger partial charge in [-0.3, -0.25) is 14.5 Å². The highest BCUT2D eigenvalue weighted by atomic mass is 32.2. The zero-order valence-corrected chi connectivity index (χ0v) is 21.4. The molecule has 1 unspecified atom stereocenters. The summed E-state index contributed by atoms with van der Waals surface area (Å²) in [4.78, 5) is 37.1. The molecule has 3 aromatic rings. The highest BCUT2D eigenvalue weighted by molar-refractivity contribution is 7.99. The van der Waals surface area contributed by atoms with Gasteiger partial charge < -0.3 is 10.3 Å². The summed E-state index contributed by atoms with van der Waals surface area (Å²) in [7, 11) is 0. The number of benzene rings is 1. The van der Waals surface area contributed by atoms with E-state index in [1.165, 1.54) is 22.9 Å². The van der Waals surface area contributed by atoms with Crippen molar-refractivity contribution in [2.45, 2.75) is 64.1 Å². The van der Waals surface area contributed by atoms with E-state index in [4.69, 9.17) is 0 Å². The van der Waals surface area contributed by atoms with Gasteiger partial charge in [-0.2, -0.15) is 0 Å². The molecule has 1 aromatic carbocycles. The molecule has 0 bridgehead atoms. The molecule has 1 amide bonds. The molecule has 0 saturated carbocycles. The number of aryl methyl sites for hydroxylation is 3. The van der Waals surface area contributed by atoms with Crippen LogP contribution < -0.4 is 10.9 Å². The van der Waals surface area contributed by atoms with Crippen LogP contribution in [0.3, 0.4) is 0 Å². The van der Waals surface area contributed by atoms with Crippen LogP contribution in [-0.4, -0.2) is 45.2 Å². The number of H-pyrrole nitrogens is 1. The number of hydrogen-bond donors (Lipinski definition) is 2. The fourth-order valence-corrected chi connectivity index (χ4v) is 6.04. The van der Waals surface area contributed by atoms with E-state index in [1.807, 2.05) is 20.8 Å². The predicted octanol–water partition coefficient (Wildman–Crippen LogP) is 4.31. The molecule has 4 rings (SSSR count). The Balaban J connectivity index is 1.25. The van der Waals surface area contributed by atoms with E-state index in [9.17, 15) is 9.59 Å². The highest BCUT2D eigenvalue weighted by Gasteiger charge is 2.23. The maximum Gasteiger partial charge on any atom is 0.259 e. The third-order valence-corrected chi connectivity index (χ3v) is 8.77. The number of nitrogens with zero attached hydrogens (tertiary/aromatic N) is 2. The molecule has 1 fully saturated rings. The van der Waals surface area contributed by atoms with Crippen molar-refractivity contribution in [3.63, 3.8) is 0 Å². The minimum absolute atomic E-state index is 0.0589. The third kappa shape index (κ3) is 5.67. The van der Waals surface area contributed by atoms with E-state index in [2.05, 4.69) is 51.4 Å². The van der Waals surface area contributed by atoms with E-state index < -0.39 is 0 Å². The predicted molar refractivity (Wildman–Crippen MR) is 138 cm³/mol. The van der Waals surface area contributed by atoms with E-state index in [0.29, 0.717) is 17.0 Å². The molecule has 0 radical (unpaired) electrons. The lowest BCUT2D eigenvalue weighted by Crippen LogP contribution is -2.46. The summed E-state index contributed by atoms with van der Waals surface area (Å²) in [6.07, 6.45) is 1.94. The maximum absolute atomic E-state index is 12.7. The second-order valence-electron chi connectivity index (χ2n) is 8.91. The third-order valence-electron chi connectivity index (χ3n) is 6.52. The average Bonchev–Trinajstić information content (AvgIpc) is 3.08. The minimum atomic E-state index is -0.206. The van der Waals surface area contributed by atoms with Gasteiger partial charge in [0, 0.05) is 30.6 Å². The van der Waals surface area contributed by atoms with Crippen LogP contribution in [-0.2, 0) is 17.1 Å². The van der Waals surface area contributed by atoms with E-state index in [-0.39, 0.29) is 22.8 Å². The van der Waals surface area contributed by atoms with Crippen molar-refractivity contribution in [1.29, 1.82) is 0 Å². The van der Waals surface area contributed by atoms with Crippen LogP contribution in [0.4, 0.5) is 0 Å². The monoisotopic (exact) mass is 484 g/mol. The average molecular weight is 485 g/mol. The number of nitrogens with one attached hydrogen (secondary N) is 2. The molecule has 8 heteroatoms.